The van der Waals surface area contributed by atoms with Gasteiger partial charge in [0, 0.05) is 23.7 Å². The minimum absolute atomic E-state index is 0.0886. The molecule has 9 heteroatoms. The van der Waals surface area contributed by atoms with Gasteiger partial charge in [-0.25, -0.2) is 4.99 Å². The van der Waals surface area contributed by atoms with Crippen LogP contribution in [0.3, 0.4) is 0 Å². The first-order chi connectivity index (χ1) is 13.4. The van der Waals surface area contributed by atoms with E-state index in [1.54, 1.807) is 47.4 Å². The Bertz CT molecular complexity index is 935. The lowest BCUT2D eigenvalue weighted by Crippen LogP contribution is -2.45. The van der Waals surface area contributed by atoms with E-state index in [4.69, 9.17) is 34.8 Å². The standard InChI is InChI=1S/C19H16Cl3N3O2S/c1-2-25-17(26)10-16(18(27)23-13-7-8-14(21)15(22)9-13)28-19(25)24-12-5-3-11(20)4-6-12/h3-9,16H,2,10H2,1H3,(H,23,27). The number of anilines is 1. The number of carbonyl (C=O) groups is 2. The van der Waals surface area contributed by atoms with Crippen molar-refractivity contribution in [3.63, 3.8) is 0 Å². The number of amides is 2. The first-order valence-electron chi connectivity index (χ1n) is 8.44. The molecule has 0 bridgehead atoms. The molecule has 0 radical (unpaired) electrons. The predicted octanol–water partition coefficient (Wildman–Crippen LogP) is 5.63. The summed E-state index contributed by atoms with van der Waals surface area (Å²) in [6.45, 7) is 2.34. The molecule has 2 aromatic rings. The lowest BCUT2D eigenvalue weighted by Gasteiger charge is -2.30. The number of nitrogens with one attached hydrogen (secondary N) is 1. The van der Waals surface area contributed by atoms with Gasteiger partial charge in [-0.2, -0.15) is 0 Å². The van der Waals surface area contributed by atoms with Crippen LogP contribution in [0.2, 0.25) is 15.1 Å². The number of hydrogen-bond donors (Lipinski definition) is 1. The first-order valence-corrected chi connectivity index (χ1v) is 10.5. The van der Waals surface area contributed by atoms with E-state index in [0.29, 0.717) is 38.2 Å². The van der Waals surface area contributed by atoms with Gasteiger partial charge in [0.1, 0.15) is 5.25 Å². The maximum Gasteiger partial charge on any atom is 0.238 e. The highest BCUT2D eigenvalue weighted by Crippen LogP contribution is 2.31. The van der Waals surface area contributed by atoms with Crippen LogP contribution in [-0.4, -0.2) is 33.7 Å². The van der Waals surface area contributed by atoms with Crippen molar-refractivity contribution in [2.24, 2.45) is 4.99 Å². The highest BCUT2D eigenvalue weighted by molar-refractivity contribution is 8.15. The summed E-state index contributed by atoms with van der Waals surface area (Å²) in [4.78, 5) is 31.3. The van der Waals surface area contributed by atoms with Crippen molar-refractivity contribution in [3.05, 3.63) is 57.5 Å². The number of nitrogens with zero attached hydrogens (tertiary/aromatic N) is 2. The molecule has 28 heavy (non-hydrogen) atoms. The average Bonchev–Trinajstić information content (AvgIpc) is 2.66. The first kappa shape index (κ1) is 21.0. The summed E-state index contributed by atoms with van der Waals surface area (Å²) in [7, 11) is 0. The van der Waals surface area contributed by atoms with E-state index in [2.05, 4.69) is 10.3 Å². The van der Waals surface area contributed by atoms with E-state index in [9.17, 15) is 9.59 Å². The molecule has 1 unspecified atom stereocenters. The van der Waals surface area contributed by atoms with Gasteiger partial charge < -0.3 is 5.32 Å². The van der Waals surface area contributed by atoms with Gasteiger partial charge >= 0.3 is 0 Å². The van der Waals surface area contributed by atoms with Gasteiger partial charge in [0.15, 0.2) is 5.17 Å². The summed E-state index contributed by atoms with van der Waals surface area (Å²) in [6.07, 6.45) is 0.0886. The van der Waals surface area contributed by atoms with Crippen LogP contribution in [0.1, 0.15) is 13.3 Å². The fourth-order valence-corrected chi connectivity index (χ4v) is 4.16. The molecule has 5 nitrogen and oxygen atoms in total. The SMILES string of the molecule is CCN1C(=O)CC(C(=O)Nc2ccc(Cl)c(Cl)c2)SC1=Nc1ccc(Cl)cc1. The van der Waals surface area contributed by atoms with Crippen LogP contribution in [0.4, 0.5) is 11.4 Å². The molecular weight excluding hydrogens is 441 g/mol. The third kappa shape index (κ3) is 5.00. The highest BCUT2D eigenvalue weighted by atomic mass is 35.5. The van der Waals surface area contributed by atoms with Gasteiger partial charge in [-0.3, -0.25) is 14.5 Å². The Labute approximate surface area is 182 Å². The van der Waals surface area contributed by atoms with E-state index in [1.807, 2.05) is 6.92 Å². The lowest BCUT2D eigenvalue weighted by atomic mass is 10.2. The van der Waals surface area contributed by atoms with Gasteiger partial charge in [0.05, 0.1) is 15.7 Å². The topological polar surface area (TPSA) is 61.8 Å². The van der Waals surface area contributed by atoms with Crippen molar-refractivity contribution in [1.82, 2.24) is 4.90 Å². The van der Waals surface area contributed by atoms with Crippen LogP contribution in [0, 0.1) is 0 Å². The number of rotatable bonds is 4. The smallest absolute Gasteiger partial charge is 0.238 e. The summed E-state index contributed by atoms with van der Waals surface area (Å²) < 4.78 is 0. The maximum absolute atomic E-state index is 12.7. The average molecular weight is 457 g/mol. The van der Waals surface area contributed by atoms with Crippen molar-refractivity contribution in [3.8, 4) is 0 Å². The second kappa shape index (κ2) is 9.18. The third-order valence-corrected chi connectivity index (χ3v) is 6.17. The van der Waals surface area contributed by atoms with Crippen LogP contribution in [0.5, 0.6) is 0 Å². The molecule has 1 aliphatic heterocycles. The van der Waals surface area contributed by atoms with E-state index in [1.165, 1.54) is 11.8 Å². The predicted molar refractivity (Wildman–Crippen MR) is 117 cm³/mol. The van der Waals surface area contributed by atoms with Crippen molar-refractivity contribution in [2.45, 2.75) is 18.6 Å². The highest BCUT2D eigenvalue weighted by Gasteiger charge is 2.35. The van der Waals surface area contributed by atoms with Gasteiger partial charge in [-0.15, -0.1) is 0 Å². The molecule has 2 amide bonds. The van der Waals surface area contributed by atoms with Gasteiger partial charge in [-0.1, -0.05) is 46.6 Å². The molecule has 1 atom stereocenters. The molecule has 1 saturated heterocycles. The van der Waals surface area contributed by atoms with Crippen molar-refractivity contribution < 1.29 is 9.59 Å². The minimum Gasteiger partial charge on any atom is -0.325 e. The van der Waals surface area contributed by atoms with Crippen molar-refractivity contribution in [1.29, 1.82) is 0 Å². The molecule has 1 heterocycles. The number of hydrogen-bond acceptors (Lipinski definition) is 4. The van der Waals surface area contributed by atoms with E-state index in [0.717, 1.165) is 0 Å². The van der Waals surface area contributed by atoms with Crippen molar-refractivity contribution >= 4 is 74.9 Å². The summed E-state index contributed by atoms with van der Waals surface area (Å²) in [5.41, 5.74) is 1.17. The molecule has 0 saturated carbocycles. The minimum atomic E-state index is -0.601. The molecule has 146 valence electrons. The second-order valence-corrected chi connectivity index (χ2v) is 8.36. The fraction of sp³-hybridized carbons (Fsp3) is 0.211. The maximum atomic E-state index is 12.7. The van der Waals surface area contributed by atoms with Crippen molar-refractivity contribution in [2.75, 3.05) is 11.9 Å². The molecule has 0 aromatic heterocycles. The Balaban J connectivity index is 1.80. The Hall–Kier alpha value is -1.73. The molecule has 1 aliphatic rings. The van der Waals surface area contributed by atoms with Gasteiger partial charge in [0.2, 0.25) is 11.8 Å². The molecular formula is C19H16Cl3N3O2S. The number of halogens is 3. The number of aliphatic imine (C=N–C) groups is 1. The second-order valence-electron chi connectivity index (χ2n) is 5.94. The van der Waals surface area contributed by atoms with E-state index < -0.39 is 5.25 Å². The Morgan fingerprint density at radius 2 is 1.89 bits per heavy atom. The van der Waals surface area contributed by atoms with Gasteiger partial charge in [-0.05, 0) is 49.4 Å². The van der Waals surface area contributed by atoms with Gasteiger partial charge in [0.25, 0.3) is 0 Å². The molecule has 0 spiro atoms. The fourth-order valence-electron chi connectivity index (χ4n) is 2.58. The Morgan fingerprint density at radius 1 is 1.18 bits per heavy atom. The number of benzene rings is 2. The van der Waals surface area contributed by atoms with Crippen LogP contribution >= 0.6 is 46.6 Å². The summed E-state index contributed by atoms with van der Waals surface area (Å²) >= 11 is 19.1. The zero-order valence-corrected chi connectivity index (χ0v) is 17.9. The lowest BCUT2D eigenvalue weighted by molar-refractivity contribution is -0.129. The third-order valence-electron chi connectivity index (χ3n) is 3.99. The monoisotopic (exact) mass is 455 g/mol. The molecule has 1 N–H and O–H groups in total. The van der Waals surface area contributed by atoms with Crippen LogP contribution < -0.4 is 5.32 Å². The largest absolute Gasteiger partial charge is 0.325 e. The molecule has 1 fully saturated rings. The van der Waals surface area contributed by atoms with Crippen LogP contribution in [0.25, 0.3) is 0 Å². The summed E-state index contributed by atoms with van der Waals surface area (Å²) in [6, 6.07) is 11.8. The molecule has 2 aromatic carbocycles. The zero-order valence-electron chi connectivity index (χ0n) is 14.8. The normalized spacial score (nSPS) is 18.4. The molecule has 0 aliphatic carbocycles. The zero-order chi connectivity index (χ0) is 20.3. The number of thioether (sulfide) groups is 1. The number of amidine groups is 1. The quantitative estimate of drug-likeness (QED) is 0.649. The summed E-state index contributed by atoms with van der Waals surface area (Å²) in [5, 5.41) is 4.00. The van der Waals surface area contributed by atoms with E-state index >= 15 is 0 Å². The van der Waals surface area contributed by atoms with Crippen LogP contribution in [-0.2, 0) is 9.59 Å². The van der Waals surface area contributed by atoms with E-state index in [-0.39, 0.29) is 18.2 Å². The Morgan fingerprint density at radius 3 is 2.54 bits per heavy atom. The number of carbonyl (C=O) groups excluding carboxylic acids is 2. The Kier molecular flexibility index (Phi) is 6.88. The molecule has 3 rings (SSSR count). The van der Waals surface area contributed by atoms with Crippen LogP contribution in [0.15, 0.2) is 47.5 Å². The summed E-state index contributed by atoms with van der Waals surface area (Å²) in [5.74, 6) is -0.445.